The van der Waals surface area contributed by atoms with Crippen molar-refractivity contribution in [1.82, 2.24) is 0 Å². The summed E-state index contributed by atoms with van der Waals surface area (Å²) in [6, 6.07) is 8.61. The van der Waals surface area contributed by atoms with E-state index in [1.54, 1.807) is 0 Å². The molecule has 2 heteroatoms. The van der Waals surface area contributed by atoms with Crippen LogP contribution in [0, 0.1) is 11.8 Å². The van der Waals surface area contributed by atoms with Crippen molar-refractivity contribution in [3.63, 3.8) is 0 Å². The predicted molar refractivity (Wildman–Crippen MR) is 77.8 cm³/mol. The van der Waals surface area contributed by atoms with E-state index in [4.69, 9.17) is 0 Å². The second kappa shape index (κ2) is 6.34. The van der Waals surface area contributed by atoms with Crippen LogP contribution in [0.4, 0.5) is 5.69 Å². The van der Waals surface area contributed by atoms with Crippen molar-refractivity contribution in [2.24, 2.45) is 11.8 Å². The molecule has 2 rings (SSSR count). The average Bonchev–Trinajstić information content (AvgIpc) is 2.37. The van der Waals surface area contributed by atoms with Gasteiger partial charge in [0.05, 0.1) is 0 Å². The Kier molecular flexibility index (Phi) is 4.78. The van der Waals surface area contributed by atoms with Gasteiger partial charge in [-0.1, -0.05) is 31.9 Å². The third kappa shape index (κ3) is 3.67. The molecule has 0 spiro atoms. The Labute approximate surface area is 109 Å². The Balaban J connectivity index is 1.88. The summed E-state index contributed by atoms with van der Waals surface area (Å²) >= 11 is 1.82. The smallest absolute Gasteiger partial charge is 0.0478 e. The number of benzene rings is 1. The molecule has 1 N–H and O–H groups in total. The third-order valence-corrected chi connectivity index (χ3v) is 4.53. The van der Waals surface area contributed by atoms with Gasteiger partial charge < -0.3 is 5.32 Å². The van der Waals surface area contributed by atoms with E-state index in [9.17, 15) is 0 Å². The highest BCUT2D eigenvalue weighted by Crippen LogP contribution is 2.30. The van der Waals surface area contributed by atoms with Gasteiger partial charge in [-0.15, -0.1) is 11.8 Å². The molecule has 1 aromatic carbocycles. The standard InChI is InChI=1S/C15H23NS/c1-12-6-5-7-13(10-12)11-16-14-8-3-4-9-15(14)17-2/h3-4,8-9,12-13,16H,5-7,10-11H2,1-2H3. The quantitative estimate of drug-likeness (QED) is 0.780. The molecule has 0 aromatic heterocycles. The number of hydrogen-bond donors (Lipinski definition) is 1. The van der Waals surface area contributed by atoms with E-state index in [1.807, 2.05) is 11.8 Å². The number of hydrogen-bond acceptors (Lipinski definition) is 2. The van der Waals surface area contributed by atoms with Crippen LogP contribution in [-0.4, -0.2) is 12.8 Å². The zero-order chi connectivity index (χ0) is 12.1. The monoisotopic (exact) mass is 249 g/mol. The second-order valence-electron chi connectivity index (χ2n) is 5.22. The van der Waals surface area contributed by atoms with Gasteiger partial charge in [-0.2, -0.15) is 0 Å². The molecule has 1 aliphatic carbocycles. The van der Waals surface area contributed by atoms with Crippen LogP contribution in [0.1, 0.15) is 32.6 Å². The summed E-state index contributed by atoms with van der Waals surface area (Å²) in [7, 11) is 0. The average molecular weight is 249 g/mol. The molecule has 1 nitrogen and oxygen atoms in total. The number of thioether (sulfide) groups is 1. The van der Waals surface area contributed by atoms with E-state index in [0.717, 1.165) is 18.4 Å². The Morgan fingerprint density at radius 1 is 1.29 bits per heavy atom. The van der Waals surface area contributed by atoms with Crippen molar-refractivity contribution < 1.29 is 0 Å². The maximum absolute atomic E-state index is 3.63. The van der Waals surface area contributed by atoms with E-state index in [0.29, 0.717) is 0 Å². The first-order chi connectivity index (χ1) is 8.29. The van der Waals surface area contributed by atoms with E-state index in [1.165, 1.54) is 36.3 Å². The van der Waals surface area contributed by atoms with E-state index in [-0.39, 0.29) is 0 Å². The second-order valence-corrected chi connectivity index (χ2v) is 6.07. The molecule has 0 amide bonds. The van der Waals surface area contributed by atoms with E-state index in [2.05, 4.69) is 42.8 Å². The fourth-order valence-corrected chi connectivity index (χ4v) is 3.36. The van der Waals surface area contributed by atoms with Crippen LogP contribution in [0.5, 0.6) is 0 Å². The minimum Gasteiger partial charge on any atom is -0.384 e. The fraction of sp³-hybridized carbons (Fsp3) is 0.600. The van der Waals surface area contributed by atoms with Crippen LogP contribution in [-0.2, 0) is 0 Å². The normalized spacial score (nSPS) is 24.6. The SMILES string of the molecule is CSc1ccccc1NCC1CCCC(C)C1. The Bertz CT molecular complexity index is 351. The van der Waals surface area contributed by atoms with Gasteiger partial charge in [0.15, 0.2) is 0 Å². The van der Waals surface area contributed by atoms with Crippen LogP contribution in [0.15, 0.2) is 29.2 Å². The molecule has 17 heavy (non-hydrogen) atoms. The van der Waals surface area contributed by atoms with Gasteiger partial charge in [-0.05, 0) is 43.1 Å². The molecule has 1 aromatic rings. The van der Waals surface area contributed by atoms with Crippen molar-refractivity contribution in [2.75, 3.05) is 18.1 Å². The first kappa shape index (κ1) is 12.8. The molecule has 0 bridgehead atoms. The highest BCUT2D eigenvalue weighted by Gasteiger charge is 2.18. The molecule has 0 radical (unpaired) electrons. The van der Waals surface area contributed by atoms with Crippen LogP contribution in [0.3, 0.4) is 0 Å². The number of anilines is 1. The van der Waals surface area contributed by atoms with Gasteiger partial charge in [0.1, 0.15) is 0 Å². The fourth-order valence-electron chi connectivity index (χ4n) is 2.79. The highest BCUT2D eigenvalue weighted by molar-refractivity contribution is 7.98. The van der Waals surface area contributed by atoms with Crippen LogP contribution in [0.2, 0.25) is 0 Å². The molecule has 0 aliphatic heterocycles. The topological polar surface area (TPSA) is 12.0 Å². The summed E-state index contributed by atoms with van der Waals surface area (Å²) in [6.45, 7) is 3.53. The van der Waals surface area contributed by atoms with Gasteiger partial charge in [0.2, 0.25) is 0 Å². The largest absolute Gasteiger partial charge is 0.384 e. The van der Waals surface area contributed by atoms with Crippen molar-refractivity contribution in [3.05, 3.63) is 24.3 Å². The summed E-state index contributed by atoms with van der Waals surface area (Å²) in [5, 5.41) is 3.63. The van der Waals surface area contributed by atoms with Gasteiger partial charge >= 0.3 is 0 Å². The molecular formula is C15H23NS. The Morgan fingerprint density at radius 3 is 2.88 bits per heavy atom. The van der Waals surface area contributed by atoms with Gasteiger partial charge in [-0.25, -0.2) is 0 Å². The minimum absolute atomic E-state index is 0.869. The molecule has 2 unspecified atom stereocenters. The number of rotatable bonds is 4. The highest BCUT2D eigenvalue weighted by atomic mass is 32.2. The maximum Gasteiger partial charge on any atom is 0.0478 e. The molecule has 1 saturated carbocycles. The summed E-state index contributed by atoms with van der Waals surface area (Å²) < 4.78 is 0. The maximum atomic E-state index is 3.63. The van der Waals surface area contributed by atoms with Crippen LogP contribution < -0.4 is 5.32 Å². The minimum atomic E-state index is 0.869. The van der Waals surface area contributed by atoms with Crippen LogP contribution >= 0.6 is 11.8 Å². The molecular weight excluding hydrogens is 226 g/mol. The zero-order valence-electron chi connectivity index (χ0n) is 10.9. The van der Waals surface area contributed by atoms with Gasteiger partial charge in [0.25, 0.3) is 0 Å². The molecule has 0 heterocycles. The summed E-state index contributed by atoms with van der Waals surface area (Å²) in [4.78, 5) is 1.36. The van der Waals surface area contributed by atoms with E-state index < -0.39 is 0 Å². The van der Waals surface area contributed by atoms with Crippen molar-refractivity contribution >= 4 is 17.4 Å². The van der Waals surface area contributed by atoms with Crippen molar-refractivity contribution in [2.45, 2.75) is 37.5 Å². The Hall–Kier alpha value is -0.630. The third-order valence-electron chi connectivity index (χ3n) is 3.73. The van der Waals surface area contributed by atoms with E-state index >= 15 is 0 Å². The summed E-state index contributed by atoms with van der Waals surface area (Å²) in [5.74, 6) is 1.79. The first-order valence-corrected chi connectivity index (χ1v) is 7.89. The molecule has 1 aliphatic rings. The number of nitrogens with one attached hydrogen (secondary N) is 1. The van der Waals surface area contributed by atoms with Crippen molar-refractivity contribution in [1.29, 1.82) is 0 Å². The lowest BCUT2D eigenvalue weighted by atomic mass is 9.82. The molecule has 1 fully saturated rings. The lowest BCUT2D eigenvalue weighted by Gasteiger charge is -2.27. The lowest BCUT2D eigenvalue weighted by Crippen LogP contribution is -2.21. The first-order valence-electron chi connectivity index (χ1n) is 6.66. The summed E-state index contributed by atoms with van der Waals surface area (Å²) in [5.41, 5.74) is 1.30. The van der Waals surface area contributed by atoms with Crippen LogP contribution in [0.25, 0.3) is 0 Å². The molecule has 2 atom stereocenters. The lowest BCUT2D eigenvalue weighted by molar-refractivity contribution is 0.293. The Morgan fingerprint density at radius 2 is 2.12 bits per heavy atom. The molecule has 94 valence electrons. The zero-order valence-corrected chi connectivity index (χ0v) is 11.7. The van der Waals surface area contributed by atoms with Gasteiger partial charge in [0, 0.05) is 17.1 Å². The van der Waals surface area contributed by atoms with Crippen molar-refractivity contribution in [3.8, 4) is 0 Å². The van der Waals surface area contributed by atoms with Gasteiger partial charge in [-0.3, -0.25) is 0 Å². The predicted octanol–water partition coefficient (Wildman–Crippen LogP) is 4.65. The number of para-hydroxylation sites is 1. The summed E-state index contributed by atoms with van der Waals surface area (Å²) in [6.07, 6.45) is 7.78. The molecule has 0 saturated heterocycles.